The molecule has 0 bridgehead atoms. The molecule has 0 unspecified atom stereocenters. The molecule has 2 N–H and O–H groups in total. The first-order valence-electron chi connectivity index (χ1n) is 3.33. The molecule has 0 saturated carbocycles. The van der Waals surface area contributed by atoms with E-state index in [4.69, 9.17) is 5.73 Å². The van der Waals surface area contributed by atoms with Crippen LogP contribution in [0.4, 0.5) is 5.69 Å². The Kier molecular flexibility index (Phi) is 2.22. The molecule has 12 heavy (non-hydrogen) atoms. The summed E-state index contributed by atoms with van der Waals surface area (Å²) in [5, 5.41) is 3.11. The van der Waals surface area contributed by atoms with E-state index < -0.39 is 0 Å². The standard InChI is InChI=1S/C8H6INS2/c9-5-1-4-6(10)3-12-8(4)2-7(5)11/h1-3,11H,10H2. The van der Waals surface area contributed by atoms with Crippen molar-refractivity contribution < 1.29 is 0 Å². The van der Waals surface area contributed by atoms with Gasteiger partial charge in [0, 0.05) is 23.9 Å². The third kappa shape index (κ3) is 1.31. The molecule has 0 aliphatic heterocycles. The Morgan fingerprint density at radius 3 is 2.92 bits per heavy atom. The molecule has 1 aromatic carbocycles. The first-order chi connectivity index (χ1) is 5.68. The maximum Gasteiger partial charge on any atom is 0.0503 e. The number of nitrogens with two attached hydrogens (primary N) is 1. The van der Waals surface area contributed by atoms with E-state index in [9.17, 15) is 0 Å². The molecule has 0 atom stereocenters. The van der Waals surface area contributed by atoms with Crippen LogP contribution < -0.4 is 5.73 Å². The Morgan fingerprint density at radius 2 is 2.17 bits per heavy atom. The first-order valence-corrected chi connectivity index (χ1v) is 5.74. The molecule has 0 saturated heterocycles. The zero-order chi connectivity index (χ0) is 8.72. The van der Waals surface area contributed by atoms with Crippen molar-refractivity contribution in [3.63, 3.8) is 0 Å². The summed E-state index contributed by atoms with van der Waals surface area (Å²) in [6, 6.07) is 4.13. The molecule has 0 radical (unpaired) electrons. The second-order valence-electron chi connectivity index (χ2n) is 2.49. The van der Waals surface area contributed by atoms with Crippen LogP contribution in [0, 0.1) is 3.57 Å². The number of thiophene rings is 1. The summed E-state index contributed by atoms with van der Waals surface area (Å²) < 4.78 is 2.35. The molecule has 0 amide bonds. The number of hydrogen-bond donors (Lipinski definition) is 2. The highest BCUT2D eigenvalue weighted by atomic mass is 127. The number of nitrogen functional groups attached to an aromatic ring is 1. The topological polar surface area (TPSA) is 26.0 Å². The number of benzene rings is 1. The van der Waals surface area contributed by atoms with E-state index in [1.807, 2.05) is 5.38 Å². The van der Waals surface area contributed by atoms with Crippen LogP contribution in [0.5, 0.6) is 0 Å². The van der Waals surface area contributed by atoms with Gasteiger partial charge in [-0.2, -0.15) is 0 Å². The highest BCUT2D eigenvalue weighted by molar-refractivity contribution is 14.1. The normalized spacial score (nSPS) is 10.8. The summed E-state index contributed by atoms with van der Waals surface area (Å²) in [7, 11) is 0. The fourth-order valence-corrected chi connectivity index (χ4v) is 2.67. The molecule has 4 heteroatoms. The summed E-state index contributed by atoms with van der Waals surface area (Å²) in [6.45, 7) is 0. The predicted octanol–water partition coefficient (Wildman–Crippen LogP) is 3.38. The minimum atomic E-state index is 0.862. The third-order valence-corrected chi connectivity index (χ3v) is 4.33. The van der Waals surface area contributed by atoms with E-state index >= 15 is 0 Å². The monoisotopic (exact) mass is 307 g/mol. The molecule has 2 rings (SSSR count). The summed E-state index contributed by atoms with van der Waals surface area (Å²) in [5.74, 6) is 0. The SMILES string of the molecule is Nc1csc2cc(S)c(I)cc12. The predicted molar refractivity (Wildman–Crippen MR) is 66.2 cm³/mol. The summed E-state index contributed by atoms with van der Waals surface area (Å²) in [4.78, 5) is 1.02. The molecule has 1 aromatic heterocycles. The lowest BCUT2D eigenvalue weighted by Crippen LogP contribution is -1.81. The van der Waals surface area contributed by atoms with E-state index in [1.54, 1.807) is 11.3 Å². The lowest BCUT2D eigenvalue weighted by atomic mass is 10.2. The fraction of sp³-hybridized carbons (Fsp3) is 0. The van der Waals surface area contributed by atoms with Crippen LogP contribution in [0.2, 0.25) is 0 Å². The Labute approximate surface area is 93.5 Å². The minimum Gasteiger partial charge on any atom is -0.398 e. The van der Waals surface area contributed by atoms with Crippen molar-refractivity contribution in [2.45, 2.75) is 4.90 Å². The maximum atomic E-state index is 5.78. The second kappa shape index (κ2) is 3.08. The van der Waals surface area contributed by atoms with Crippen LogP contribution in [0.1, 0.15) is 0 Å². The number of rotatable bonds is 0. The van der Waals surface area contributed by atoms with E-state index in [1.165, 1.54) is 4.70 Å². The van der Waals surface area contributed by atoms with E-state index in [0.29, 0.717) is 0 Å². The third-order valence-electron chi connectivity index (χ3n) is 1.67. The zero-order valence-corrected chi connectivity index (χ0v) is 9.91. The molecule has 62 valence electrons. The number of hydrogen-bond acceptors (Lipinski definition) is 3. The van der Waals surface area contributed by atoms with Gasteiger partial charge in [-0.05, 0) is 34.7 Å². The van der Waals surface area contributed by atoms with Crippen molar-refractivity contribution in [2.75, 3.05) is 5.73 Å². The molecular weight excluding hydrogens is 301 g/mol. The zero-order valence-electron chi connectivity index (χ0n) is 6.04. The molecule has 2 aromatic rings. The molecule has 0 aliphatic carbocycles. The van der Waals surface area contributed by atoms with Gasteiger partial charge in [-0.3, -0.25) is 0 Å². The van der Waals surface area contributed by atoms with Crippen molar-refractivity contribution in [2.24, 2.45) is 0 Å². The lowest BCUT2D eigenvalue weighted by molar-refractivity contribution is 1.47. The fourth-order valence-electron chi connectivity index (χ4n) is 1.06. The molecule has 1 nitrogen and oxygen atoms in total. The van der Waals surface area contributed by atoms with Crippen molar-refractivity contribution in [3.8, 4) is 0 Å². The van der Waals surface area contributed by atoms with Gasteiger partial charge in [-0.25, -0.2) is 0 Å². The second-order valence-corrected chi connectivity index (χ2v) is 5.05. The summed E-state index contributed by atoms with van der Waals surface area (Å²) in [6.07, 6.45) is 0. The van der Waals surface area contributed by atoms with Gasteiger partial charge in [0.15, 0.2) is 0 Å². The highest BCUT2D eigenvalue weighted by Gasteiger charge is 2.03. The molecule has 1 heterocycles. The lowest BCUT2D eigenvalue weighted by Gasteiger charge is -1.97. The van der Waals surface area contributed by atoms with Gasteiger partial charge in [0.25, 0.3) is 0 Å². The Bertz CT molecular complexity index is 436. The van der Waals surface area contributed by atoms with Crippen LogP contribution in [0.3, 0.4) is 0 Å². The largest absolute Gasteiger partial charge is 0.398 e. The Morgan fingerprint density at radius 1 is 1.42 bits per heavy atom. The quantitative estimate of drug-likeness (QED) is 0.566. The molecular formula is C8H6INS2. The van der Waals surface area contributed by atoms with Gasteiger partial charge in [0.2, 0.25) is 0 Å². The summed E-state index contributed by atoms with van der Waals surface area (Å²) in [5.41, 5.74) is 6.64. The Hall–Kier alpha value is 0.0600. The maximum absolute atomic E-state index is 5.78. The number of thiol groups is 1. The van der Waals surface area contributed by atoms with Crippen LogP contribution in [-0.4, -0.2) is 0 Å². The first kappa shape index (κ1) is 8.65. The van der Waals surface area contributed by atoms with Crippen LogP contribution in [0.15, 0.2) is 22.4 Å². The van der Waals surface area contributed by atoms with Crippen LogP contribution in [-0.2, 0) is 0 Å². The average molecular weight is 307 g/mol. The van der Waals surface area contributed by atoms with E-state index in [0.717, 1.165) is 19.5 Å². The van der Waals surface area contributed by atoms with Gasteiger partial charge in [0.1, 0.15) is 0 Å². The van der Waals surface area contributed by atoms with E-state index in [2.05, 4.69) is 47.4 Å². The average Bonchev–Trinajstić information content (AvgIpc) is 2.35. The van der Waals surface area contributed by atoms with Crippen molar-refractivity contribution in [3.05, 3.63) is 21.1 Å². The van der Waals surface area contributed by atoms with Gasteiger partial charge in [0.05, 0.1) is 5.69 Å². The van der Waals surface area contributed by atoms with Gasteiger partial charge in [-0.15, -0.1) is 24.0 Å². The number of anilines is 1. The summed E-state index contributed by atoms with van der Waals surface area (Å²) >= 11 is 8.26. The minimum absolute atomic E-state index is 0.862. The smallest absolute Gasteiger partial charge is 0.0503 e. The molecule has 0 aliphatic rings. The van der Waals surface area contributed by atoms with Crippen molar-refractivity contribution >= 4 is 62.3 Å². The molecule has 0 fully saturated rings. The van der Waals surface area contributed by atoms with Gasteiger partial charge < -0.3 is 5.73 Å². The van der Waals surface area contributed by atoms with Crippen molar-refractivity contribution in [1.29, 1.82) is 0 Å². The highest BCUT2D eigenvalue weighted by Crippen LogP contribution is 2.32. The number of fused-ring (bicyclic) bond motifs is 1. The number of halogens is 1. The van der Waals surface area contributed by atoms with Gasteiger partial charge >= 0.3 is 0 Å². The Balaban J connectivity index is 2.87. The van der Waals surface area contributed by atoms with E-state index in [-0.39, 0.29) is 0 Å². The van der Waals surface area contributed by atoms with Crippen LogP contribution in [0.25, 0.3) is 10.1 Å². The van der Waals surface area contributed by atoms with Crippen LogP contribution >= 0.6 is 46.6 Å². The van der Waals surface area contributed by atoms with Gasteiger partial charge in [-0.1, -0.05) is 0 Å². The molecule has 0 spiro atoms. The van der Waals surface area contributed by atoms with Crippen molar-refractivity contribution in [1.82, 2.24) is 0 Å².